The molecule has 0 aliphatic rings. The summed E-state index contributed by atoms with van der Waals surface area (Å²) in [6.45, 7) is 3.80. The number of primary sulfonamides is 1. The van der Waals surface area contributed by atoms with Gasteiger partial charge in [-0.1, -0.05) is 24.3 Å². The summed E-state index contributed by atoms with van der Waals surface area (Å²) in [5, 5.41) is 5.26. The number of aryl methyl sites for hydroxylation is 1. The van der Waals surface area contributed by atoms with Crippen LogP contribution in [0.1, 0.15) is 11.1 Å². The second-order valence-electron chi connectivity index (χ2n) is 6.20. The molecule has 0 fully saturated rings. The quantitative estimate of drug-likeness (QED) is 0.682. The van der Waals surface area contributed by atoms with Gasteiger partial charge in [0.2, 0.25) is 10.0 Å². The highest BCUT2D eigenvalue weighted by Gasteiger charge is 2.12. The van der Waals surface area contributed by atoms with Gasteiger partial charge in [0.25, 0.3) is 0 Å². The molecule has 0 aromatic heterocycles. The summed E-state index contributed by atoms with van der Waals surface area (Å²) in [5.41, 5.74) is 1.60. The van der Waals surface area contributed by atoms with E-state index in [4.69, 9.17) is 14.6 Å². The number of halogens is 1. The first kappa shape index (κ1) is 23.2. The average molecular weight is 415 g/mol. The Balaban J connectivity index is 0.00000364. The van der Waals surface area contributed by atoms with E-state index in [1.165, 1.54) is 0 Å². The van der Waals surface area contributed by atoms with Crippen molar-refractivity contribution in [1.82, 2.24) is 4.90 Å². The first-order chi connectivity index (χ1) is 12.3. The molecule has 0 heterocycles. The molecule has 8 heteroatoms. The highest BCUT2D eigenvalue weighted by Crippen LogP contribution is 2.25. The zero-order chi connectivity index (χ0) is 19.2. The summed E-state index contributed by atoms with van der Waals surface area (Å²) >= 11 is 0. The molecular formula is C19H27ClN2O4S. The molecule has 2 aromatic rings. The third-order valence-corrected chi connectivity index (χ3v) is 5.19. The van der Waals surface area contributed by atoms with Crippen LogP contribution in [0.5, 0.6) is 11.5 Å². The Morgan fingerprint density at radius 2 is 1.74 bits per heavy atom. The van der Waals surface area contributed by atoms with Crippen LogP contribution in [0.2, 0.25) is 0 Å². The lowest BCUT2D eigenvalue weighted by atomic mass is 10.1. The monoisotopic (exact) mass is 414 g/mol. The van der Waals surface area contributed by atoms with E-state index >= 15 is 0 Å². The van der Waals surface area contributed by atoms with Crippen LogP contribution in [-0.4, -0.2) is 47.2 Å². The van der Waals surface area contributed by atoms with Crippen LogP contribution in [0.4, 0.5) is 0 Å². The lowest BCUT2D eigenvalue weighted by Gasteiger charge is -2.18. The number of hydrogen-bond acceptors (Lipinski definition) is 5. The molecule has 2 rings (SSSR count). The van der Waals surface area contributed by atoms with Crippen molar-refractivity contribution in [2.24, 2.45) is 5.14 Å². The van der Waals surface area contributed by atoms with Gasteiger partial charge in [0.1, 0.15) is 6.61 Å². The van der Waals surface area contributed by atoms with Gasteiger partial charge in [-0.05, 0) is 49.7 Å². The Bertz CT molecular complexity index is 843. The van der Waals surface area contributed by atoms with Crippen molar-refractivity contribution in [2.45, 2.75) is 18.2 Å². The first-order valence-electron chi connectivity index (χ1n) is 8.38. The van der Waals surface area contributed by atoms with E-state index in [1.807, 2.05) is 37.4 Å². The molecule has 0 aliphatic carbocycles. The zero-order valence-corrected chi connectivity index (χ0v) is 17.5. The van der Waals surface area contributed by atoms with Crippen molar-refractivity contribution in [2.75, 3.05) is 33.9 Å². The summed E-state index contributed by atoms with van der Waals surface area (Å²) in [4.78, 5) is 2.32. The molecule has 0 saturated heterocycles. The maximum absolute atomic E-state index is 11.6. The van der Waals surface area contributed by atoms with Crippen LogP contribution >= 0.6 is 12.4 Å². The lowest BCUT2D eigenvalue weighted by molar-refractivity contribution is 0.231. The molecule has 0 spiro atoms. The van der Waals surface area contributed by atoms with Gasteiger partial charge in [0.15, 0.2) is 11.5 Å². The number of ether oxygens (including phenoxy) is 2. The number of para-hydroxylation sites is 2. The molecule has 0 bridgehead atoms. The number of benzene rings is 2. The van der Waals surface area contributed by atoms with Crippen molar-refractivity contribution in [3.05, 3.63) is 53.6 Å². The largest absolute Gasteiger partial charge is 0.493 e. The molecule has 0 aliphatic heterocycles. The van der Waals surface area contributed by atoms with Crippen LogP contribution in [0.3, 0.4) is 0 Å². The maximum atomic E-state index is 11.6. The lowest BCUT2D eigenvalue weighted by Crippen LogP contribution is -2.26. The summed E-state index contributed by atoms with van der Waals surface area (Å²) in [7, 11) is -0.0744. The minimum absolute atomic E-state index is 0. The Morgan fingerprint density at radius 1 is 1.07 bits per heavy atom. The van der Waals surface area contributed by atoms with E-state index in [-0.39, 0.29) is 17.3 Å². The van der Waals surface area contributed by atoms with Crippen LogP contribution in [0.25, 0.3) is 0 Å². The summed E-state index contributed by atoms with van der Waals surface area (Å²) in [6, 6.07) is 12.9. The van der Waals surface area contributed by atoms with E-state index in [9.17, 15) is 8.42 Å². The molecule has 0 saturated carbocycles. The first-order valence-corrected chi connectivity index (χ1v) is 9.92. The minimum atomic E-state index is -3.69. The highest BCUT2D eigenvalue weighted by atomic mass is 35.5. The van der Waals surface area contributed by atoms with Gasteiger partial charge in [-0.3, -0.25) is 0 Å². The molecule has 0 atom stereocenters. The van der Waals surface area contributed by atoms with Crippen LogP contribution in [0, 0.1) is 6.92 Å². The van der Waals surface area contributed by atoms with Crippen molar-refractivity contribution < 1.29 is 17.9 Å². The molecule has 6 nitrogen and oxygen atoms in total. The summed E-state index contributed by atoms with van der Waals surface area (Å²) in [6.07, 6.45) is 0.730. The van der Waals surface area contributed by atoms with Gasteiger partial charge in [-0.2, -0.15) is 0 Å². The molecule has 2 N–H and O–H groups in total. The molecule has 150 valence electrons. The molecule has 0 unspecified atom stereocenters. The second-order valence-corrected chi connectivity index (χ2v) is 7.73. The van der Waals surface area contributed by atoms with Gasteiger partial charge < -0.3 is 14.4 Å². The number of nitrogens with two attached hydrogens (primary N) is 1. The van der Waals surface area contributed by atoms with E-state index < -0.39 is 10.0 Å². The highest BCUT2D eigenvalue weighted by molar-refractivity contribution is 7.89. The van der Waals surface area contributed by atoms with Crippen molar-refractivity contribution in [1.29, 1.82) is 0 Å². The molecule has 0 radical (unpaired) electrons. The van der Waals surface area contributed by atoms with E-state index in [2.05, 4.69) is 4.90 Å². The average Bonchev–Trinajstić information content (AvgIpc) is 2.60. The number of hydrogen-bond donors (Lipinski definition) is 1. The number of rotatable bonds is 9. The maximum Gasteiger partial charge on any atom is 0.238 e. The van der Waals surface area contributed by atoms with E-state index in [1.54, 1.807) is 26.2 Å². The number of sulfonamides is 1. The van der Waals surface area contributed by atoms with Crippen molar-refractivity contribution >= 4 is 22.4 Å². The summed E-state index contributed by atoms with van der Waals surface area (Å²) < 4.78 is 34.3. The van der Waals surface area contributed by atoms with E-state index in [0.29, 0.717) is 17.9 Å². The Kier molecular flexibility index (Phi) is 9.05. The van der Waals surface area contributed by atoms with Crippen LogP contribution in [0.15, 0.2) is 47.4 Å². The summed E-state index contributed by atoms with van der Waals surface area (Å²) in [5.74, 6) is 1.44. The number of nitrogens with zero attached hydrogens (tertiary/aromatic N) is 1. The van der Waals surface area contributed by atoms with Crippen molar-refractivity contribution in [3.63, 3.8) is 0 Å². The van der Waals surface area contributed by atoms with Gasteiger partial charge in [0.05, 0.1) is 12.0 Å². The van der Waals surface area contributed by atoms with Crippen LogP contribution < -0.4 is 14.6 Å². The topological polar surface area (TPSA) is 81.9 Å². The second kappa shape index (κ2) is 10.5. The fraction of sp³-hybridized carbons (Fsp3) is 0.368. The van der Waals surface area contributed by atoms with Gasteiger partial charge in [0, 0.05) is 13.1 Å². The Labute approximate surface area is 167 Å². The van der Waals surface area contributed by atoms with Gasteiger partial charge in [-0.15, -0.1) is 12.4 Å². The van der Waals surface area contributed by atoms with E-state index in [0.717, 1.165) is 30.8 Å². The zero-order valence-electron chi connectivity index (χ0n) is 15.8. The number of likely N-dealkylation sites (N-methyl/N-ethyl adjacent to an activating group) is 1. The number of methoxy groups -OCH3 is 1. The Morgan fingerprint density at radius 3 is 2.37 bits per heavy atom. The molecule has 2 aromatic carbocycles. The van der Waals surface area contributed by atoms with Crippen LogP contribution in [-0.2, 0) is 16.4 Å². The standard InChI is InChI=1S/C19H26N2O4S.ClH/c1-15-8-9-16(14-19(15)26(20,22)23)10-11-21(2)12-13-25-18-7-5-4-6-17(18)24-3;/h4-9,14H,10-13H2,1-3H3,(H2,20,22,23);1H. The SMILES string of the molecule is COc1ccccc1OCCN(C)CCc1ccc(C)c(S(N)(=O)=O)c1.Cl. The fourth-order valence-corrected chi connectivity index (χ4v) is 3.42. The third kappa shape index (κ3) is 7.03. The molecule has 27 heavy (non-hydrogen) atoms. The normalized spacial score (nSPS) is 11.1. The van der Waals surface area contributed by atoms with Gasteiger partial charge >= 0.3 is 0 Å². The molecule has 0 amide bonds. The predicted molar refractivity (Wildman–Crippen MR) is 109 cm³/mol. The minimum Gasteiger partial charge on any atom is -0.493 e. The Hall–Kier alpha value is -1.80. The predicted octanol–water partition coefficient (Wildman–Crippen LogP) is 2.63. The van der Waals surface area contributed by atoms with Gasteiger partial charge in [-0.25, -0.2) is 13.6 Å². The van der Waals surface area contributed by atoms with Crippen molar-refractivity contribution in [3.8, 4) is 11.5 Å². The fourth-order valence-electron chi connectivity index (χ4n) is 2.59. The third-order valence-electron chi connectivity index (χ3n) is 4.14. The smallest absolute Gasteiger partial charge is 0.238 e. The molecular weight excluding hydrogens is 388 g/mol.